The molecular formula is C14H21N5O6. The maximum Gasteiger partial charge on any atom is 0.326 e. The zero-order valence-electron chi connectivity index (χ0n) is 13.4. The van der Waals surface area contributed by atoms with Crippen molar-refractivity contribution >= 4 is 23.8 Å². The van der Waals surface area contributed by atoms with Gasteiger partial charge in [0.1, 0.15) is 12.1 Å². The molecule has 1 heterocycles. The van der Waals surface area contributed by atoms with Gasteiger partial charge >= 0.3 is 11.9 Å². The Balaban J connectivity index is 2.79. The largest absolute Gasteiger partial charge is 0.481 e. The Morgan fingerprint density at radius 2 is 1.88 bits per heavy atom. The number of H-pyrrole nitrogens is 1. The van der Waals surface area contributed by atoms with E-state index in [1.54, 1.807) is 0 Å². The quantitative estimate of drug-likeness (QED) is 0.268. The third-order valence-corrected chi connectivity index (χ3v) is 3.26. The van der Waals surface area contributed by atoms with E-state index in [0.29, 0.717) is 5.69 Å². The number of hydrogen-bond donors (Lipinski definition) is 6. The van der Waals surface area contributed by atoms with Gasteiger partial charge in [-0.15, -0.1) is 0 Å². The highest BCUT2D eigenvalue weighted by atomic mass is 16.4. The molecule has 0 aromatic carbocycles. The van der Waals surface area contributed by atoms with Crippen LogP contribution in [0.25, 0.3) is 0 Å². The summed E-state index contributed by atoms with van der Waals surface area (Å²) in [5.41, 5.74) is 5.86. The molecule has 2 atom stereocenters. The number of carbonyl (C=O) groups excluding carboxylic acids is 2. The highest BCUT2D eigenvalue weighted by Gasteiger charge is 2.27. The fourth-order valence-electron chi connectivity index (χ4n) is 2.02. The molecule has 1 rings (SSSR count). The van der Waals surface area contributed by atoms with Crippen LogP contribution in [0.1, 0.15) is 25.0 Å². The summed E-state index contributed by atoms with van der Waals surface area (Å²) in [4.78, 5) is 52.5. The maximum atomic E-state index is 12.4. The first kappa shape index (κ1) is 20.1. The predicted molar refractivity (Wildman–Crippen MR) is 84.3 cm³/mol. The van der Waals surface area contributed by atoms with E-state index in [-0.39, 0.29) is 25.8 Å². The summed E-state index contributed by atoms with van der Waals surface area (Å²) in [6.45, 7) is 0.0978. The highest BCUT2D eigenvalue weighted by Crippen LogP contribution is 2.03. The number of aliphatic carboxylic acids is 2. The number of carbonyl (C=O) groups is 4. The first-order chi connectivity index (χ1) is 11.8. The van der Waals surface area contributed by atoms with Crippen molar-refractivity contribution in [2.24, 2.45) is 5.73 Å². The zero-order valence-corrected chi connectivity index (χ0v) is 13.4. The number of nitrogens with two attached hydrogens (primary N) is 1. The molecule has 138 valence electrons. The van der Waals surface area contributed by atoms with Gasteiger partial charge in [0, 0.05) is 37.7 Å². The van der Waals surface area contributed by atoms with E-state index in [4.69, 9.17) is 15.9 Å². The second kappa shape index (κ2) is 10.0. The lowest BCUT2D eigenvalue weighted by molar-refractivity contribution is -0.143. The molecule has 0 aliphatic heterocycles. The van der Waals surface area contributed by atoms with Crippen LogP contribution in [0.2, 0.25) is 0 Å². The molecule has 1 aromatic rings. The van der Waals surface area contributed by atoms with Gasteiger partial charge in [0.2, 0.25) is 11.8 Å². The zero-order chi connectivity index (χ0) is 18.8. The Morgan fingerprint density at radius 3 is 2.40 bits per heavy atom. The molecule has 0 saturated carbocycles. The minimum Gasteiger partial charge on any atom is -0.481 e. The summed E-state index contributed by atoms with van der Waals surface area (Å²) in [5.74, 6) is -3.73. The van der Waals surface area contributed by atoms with Crippen molar-refractivity contribution in [1.29, 1.82) is 0 Å². The minimum absolute atomic E-state index is 0.00807. The van der Waals surface area contributed by atoms with E-state index < -0.39 is 42.3 Å². The molecule has 1 aromatic heterocycles. The summed E-state index contributed by atoms with van der Waals surface area (Å²) < 4.78 is 0. The van der Waals surface area contributed by atoms with Crippen LogP contribution in [0.3, 0.4) is 0 Å². The van der Waals surface area contributed by atoms with Gasteiger partial charge in [0.25, 0.3) is 0 Å². The Hall–Kier alpha value is -2.95. The average Bonchev–Trinajstić information content (AvgIpc) is 3.03. The predicted octanol–water partition coefficient (Wildman–Crippen LogP) is -1.78. The molecule has 0 aliphatic rings. The molecule has 0 aliphatic carbocycles. The van der Waals surface area contributed by atoms with Crippen LogP contribution >= 0.6 is 0 Å². The van der Waals surface area contributed by atoms with Crippen LogP contribution in [0.5, 0.6) is 0 Å². The fraction of sp³-hybridized carbons (Fsp3) is 0.500. The fourth-order valence-corrected chi connectivity index (χ4v) is 2.02. The van der Waals surface area contributed by atoms with Gasteiger partial charge in [-0.05, 0) is 6.42 Å². The van der Waals surface area contributed by atoms with Crippen molar-refractivity contribution in [3.63, 3.8) is 0 Å². The van der Waals surface area contributed by atoms with Crippen molar-refractivity contribution in [1.82, 2.24) is 20.6 Å². The standard InChI is InChI=1S/C14H21N5O6/c15-4-3-11(20)18-10(5-8-6-16-7-17-8)13(23)19-9(14(24)25)1-2-12(21)22/h6-7,9-10H,1-5,15H2,(H,16,17)(H,18,20)(H,19,23)(H,21,22)(H,24,25)/t9-,10-/m0/s1. The Bertz CT molecular complexity index is 603. The molecule has 25 heavy (non-hydrogen) atoms. The smallest absolute Gasteiger partial charge is 0.326 e. The Morgan fingerprint density at radius 1 is 1.16 bits per heavy atom. The molecule has 0 bridgehead atoms. The Labute approximate surface area is 143 Å². The van der Waals surface area contributed by atoms with E-state index in [0.717, 1.165) is 0 Å². The number of nitrogens with one attached hydrogen (secondary N) is 3. The number of carboxylic acids is 2. The topological polar surface area (TPSA) is 187 Å². The number of aromatic amines is 1. The molecule has 0 spiro atoms. The summed E-state index contributed by atoms with van der Waals surface area (Å²) in [7, 11) is 0. The van der Waals surface area contributed by atoms with E-state index in [1.807, 2.05) is 0 Å². The molecule has 2 amide bonds. The number of nitrogens with zero attached hydrogens (tertiary/aromatic N) is 1. The van der Waals surface area contributed by atoms with Crippen molar-refractivity contribution < 1.29 is 29.4 Å². The first-order valence-electron chi connectivity index (χ1n) is 7.55. The third-order valence-electron chi connectivity index (χ3n) is 3.26. The lowest BCUT2D eigenvalue weighted by atomic mass is 10.1. The normalized spacial score (nSPS) is 12.8. The van der Waals surface area contributed by atoms with Crippen LogP contribution < -0.4 is 16.4 Å². The van der Waals surface area contributed by atoms with Crippen molar-refractivity contribution in [3.8, 4) is 0 Å². The highest BCUT2D eigenvalue weighted by molar-refractivity contribution is 5.90. The molecule has 11 nitrogen and oxygen atoms in total. The molecule has 7 N–H and O–H groups in total. The number of aromatic nitrogens is 2. The molecule has 0 saturated heterocycles. The number of hydrogen-bond acceptors (Lipinski definition) is 6. The van der Waals surface area contributed by atoms with Crippen LogP contribution in [0, 0.1) is 0 Å². The summed E-state index contributed by atoms with van der Waals surface area (Å²) in [6, 6.07) is -2.43. The summed E-state index contributed by atoms with van der Waals surface area (Å²) in [6.07, 6.45) is 2.25. The molecular weight excluding hydrogens is 334 g/mol. The summed E-state index contributed by atoms with van der Waals surface area (Å²) in [5, 5.41) is 22.5. The molecule has 11 heteroatoms. The van der Waals surface area contributed by atoms with E-state index >= 15 is 0 Å². The van der Waals surface area contributed by atoms with Crippen LogP contribution in [0.4, 0.5) is 0 Å². The van der Waals surface area contributed by atoms with Gasteiger partial charge in [-0.1, -0.05) is 0 Å². The summed E-state index contributed by atoms with van der Waals surface area (Å²) >= 11 is 0. The lowest BCUT2D eigenvalue weighted by Crippen LogP contribution is -2.52. The van der Waals surface area contributed by atoms with E-state index in [1.165, 1.54) is 12.5 Å². The van der Waals surface area contributed by atoms with Crippen LogP contribution in [-0.2, 0) is 25.6 Å². The number of carboxylic acid groups (broad SMARTS) is 2. The minimum atomic E-state index is -1.38. The number of rotatable bonds is 11. The van der Waals surface area contributed by atoms with Crippen molar-refractivity contribution in [2.45, 2.75) is 37.8 Å². The van der Waals surface area contributed by atoms with E-state index in [9.17, 15) is 19.2 Å². The SMILES string of the molecule is NCCC(=O)N[C@@H](Cc1cnc[nH]1)C(=O)N[C@@H](CCC(=O)O)C(=O)O. The van der Waals surface area contributed by atoms with Gasteiger partial charge in [0.15, 0.2) is 0 Å². The average molecular weight is 355 g/mol. The Kier molecular flexibility index (Phi) is 8.06. The first-order valence-corrected chi connectivity index (χ1v) is 7.55. The van der Waals surface area contributed by atoms with Crippen molar-refractivity contribution in [3.05, 3.63) is 18.2 Å². The van der Waals surface area contributed by atoms with E-state index in [2.05, 4.69) is 20.6 Å². The van der Waals surface area contributed by atoms with Crippen LogP contribution in [-0.4, -0.2) is 62.6 Å². The van der Waals surface area contributed by atoms with Gasteiger partial charge in [0.05, 0.1) is 6.33 Å². The second-order valence-electron chi connectivity index (χ2n) is 5.27. The second-order valence-corrected chi connectivity index (χ2v) is 5.27. The molecule has 0 fully saturated rings. The number of amides is 2. The van der Waals surface area contributed by atoms with Crippen molar-refractivity contribution in [2.75, 3.05) is 6.54 Å². The molecule has 0 radical (unpaired) electrons. The molecule has 0 unspecified atom stereocenters. The van der Waals surface area contributed by atoms with Gasteiger partial charge < -0.3 is 31.6 Å². The maximum absolute atomic E-state index is 12.4. The van der Waals surface area contributed by atoms with Gasteiger partial charge in [-0.25, -0.2) is 9.78 Å². The van der Waals surface area contributed by atoms with Gasteiger partial charge in [-0.3, -0.25) is 14.4 Å². The van der Waals surface area contributed by atoms with Crippen LogP contribution in [0.15, 0.2) is 12.5 Å². The third kappa shape index (κ3) is 7.44. The van der Waals surface area contributed by atoms with Gasteiger partial charge in [-0.2, -0.15) is 0 Å². The lowest BCUT2D eigenvalue weighted by Gasteiger charge is -2.21. The number of imidazole rings is 1. The monoisotopic (exact) mass is 355 g/mol.